The maximum atomic E-state index is 10.9. The number of hydrogen-bond donors (Lipinski definition) is 1. The predicted molar refractivity (Wildman–Crippen MR) is 84.2 cm³/mol. The van der Waals surface area contributed by atoms with E-state index in [1.165, 1.54) is 12.1 Å². The molecule has 0 spiro atoms. The number of rotatable bonds is 9. The van der Waals surface area contributed by atoms with Crippen LogP contribution in [0.15, 0.2) is 18.2 Å². The Morgan fingerprint density at radius 2 is 1.90 bits per heavy atom. The highest BCUT2D eigenvalue weighted by atomic mass is 28.3. The van der Waals surface area contributed by atoms with E-state index in [-0.39, 0.29) is 12.4 Å². The molecule has 0 heterocycles. The molecule has 6 heteroatoms. The van der Waals surface area contributed by atoms with Crippen LogP contribution < -0.4 is 9.47 Å². The highest BCUT2D eigenvalue weighted by molar-refractivity contribution is 6.76. The van der Waals surface area contributed by atoms with Crippen molar-refractivity contribution in [1.82, 2.24) is 0 Å². The average Bonchev–Trinajstić information content (AvgIpc) is 2.38. The molecule has 0 unspecified atom stereocenters. The lowest BCUT2D eigenvalue weighted by Gasteiger charge is -2.16. The van der Waals surface area contributed by atoms with Gasteiger partial charge in [0.25, 0.3) is 0 Å². The summed E-state index contributed by atoms with van der Waals surface area (Å²) in [6, 6.07) is 5.62. The van der Waals surface area contributed by atoms with Crippen LogP contribution in [0.1, 0.15) is 17.3 Å². The minimum absolute atomic E-state index is 0.136. The molecule has 0 aliphatic heterocycles. The van der Waals surface area contributed by atoms with Crippen LogP contribution in [0.3, 0.4) is 0 Å². The molecule has 1 N–H and O–H groups in total. The lowest BCUT2D eigenvalue weighted by Crippen LogP contribution is -2.22. The van der Waals surface area contributed by atoms with Crippen molar-refractivity contribution in [2.75, 3.05) is 20.0 Å². The quantitative estimate of drug-likeness (QED) is 0.430. The lowest BCUT2D eigenvalue weighted by atomic mass is 10.2. The van der Waals surface area contributed by atoms with Crippen molar-refractivity contribution in [3.05, 3.63) is 23.8 Å². The fraction of sp³-hybridized carbons (Fsp3) is 0.533. The van der Waals surface area contributed by atoms with Gasteiger partial charge in [-0.25, -0.2) is 4.79 Å². The second-order valence-corrected chi connectivity index (χ2v) is 11.5. The Kier molecular flexibility index (Phi) is 6.71. The van der Waals surface area contributed by atoms with Gasteiger partial charge in [-0.3, -0.25) is 0 Å². The Morgan fingerprint density at radius 1 is 1.19 bits per heavy atom. The van der Waals surface area contributed by atoms with E-state index in [1.54, 1.807) is 6.07 Å². The highest BCUT2D eigenvalue weighted by Gasteiger charge is 2.13. The second-order valence-electron chi connectivity index (χ2n) is 5.88. The van der Waals surface area contributed by atoms with Crippen LogP contribution in [0.4, 0.5) is 0 Å². The predicted octanol–water partition coefficient (Wildman–Crippen LogP) is 3.47. The van der Waals surface area contributed by atoms with Crippen LogP contribution in [-0.2, 0) is 4.74 Å². The third-order valence-corrected chi connectivity index (χ3v) is 4.49. The molecule has 0 bridgehead atoms. The van der Waals surface area contributed by atoms with Gasteiger partial charge in [-0.1, -0.05) is 19.6 Å². The van der Waals surface area contributed by atoms with Crippen LogP contribution in [0, 0.1) is 0 Å². The van der Waals surface area contributed by atoms with Crippen molar-refractivity contribution in [1.29, 1.82) is 0 Å². The number of carboxylic acid groups (broad SMARTS) is 1. The van der Waals surface area contributed by atoms with Gasteiger partial charge in [0.1, 0.15) is 0 Å². The Morgan fingerprint density at radius 3 is 2.48 bits per heavy atom. The molecule has 1 aromatic carbocycles. The largest absolute Gasteiger partial charge is 0.490 e. The Labute approximate surface area is 126 Å². The summed E-state index contributed by atoms with van der Waals surface area (Å²) >= 11 is 0. The van der Waals surface area contributed by atoms with Crippen molar-refractivity contribution in [3.8, 4) is 11.5 Å². The molecule has 0 aromatic heterocycles. The van der Waals surface area contributed by atoms with E-state index in [2.05, 4.69) is 19.6 Å². The van der Waals surface area contributed by atoms with Crippen molar-refractivity contribution in [3.63, 3.8) is 0 Å². The van der Waals surface area contributed by atoms with Crippen molar-refractivity contribution in [2.45, 2.75) is 32.6 Å². The Balaban J connectivity index is 2.55. The van der Waals surface area contributed by atoms with Gasteiger partial charge in [-0.15, -0.1) is 0 Å². The van der Waals surface area contributed by atoms with E-state index in [9.17, 15) is 4.79 Å². The first-order valence-electron chi connectivity index (χ1n) is 7.04. The minimum atomic E-state index is -1.10. The van der Waals surface area contributed by atoms with Crippen molar-refractivity contribution < 1.29 is 24.1 Å². The summed E-state index contributed by atoms with van der Waals surface area (Å²) in [4.78, 5) is 10.9. The molecule has 21 heavy (non-hydrogen) atoms. The molecule has 118 valence electrons. The van der Waals surface area contributed by atoms with Crippen LogP contribution in [0.5, 0.6) is 11.5 Å². The van der Waals surface area contributed by atoms with Gasteiger partial charge in [0.2, 0.25) is 0 Å². The number of ether oxygens (including phenoxy) is 3. The number of aromatic carboxylic acids is 1. The summed E-state index contributed by atoms with van der Waals surface area (Å²) in [7, 11) is -1.10. The van der Waals surface area contributed by atoms with E-state index in [0.717, 1.165) is 6.04 Å². The van der Waals surface area contributed by atoms with Crippen molar-refractivity contribution in [2.24, 2.45) is 0 Å². The molecule has 0 aliphatic carbocycles. The molecule has 0 fully saturated rings. The molecule has 0 atom stereocenters. The summed E-state index contributed by atoms with van der Waals surface area (Å²) in [5.74, 6) is -0.0741. The zero-order chi connectivity index (χ0) is 15.9. The molecule has 0 saturated carbocycles. The lowest BCUT2D eigenvalue weighted by molar-refractivity contribution is 0.0202. The fourth-order valence-corrected chi connectivity index (χ4v) is 2.33. The van der Waals surface area contributed by atoms with E-state index >= 15 is 0 Å². The SMILES string of the molecule is CCOc1cc(C(=O)O)ccc1OCOCC[Si](C)(C)C. The maximum absolute atomic E-state index is 10.9. The van der Waals surface area contributed by atoms with Gasteiger partial charge in [0.05, 0.1) is 12.2 Å². The normalized spacial score (nSPS) is 11.2. The summed E-state index contributed by atoms with van der Waals surface area (Å²) in [6.45, 7) is 9.95. The van der Waals surface area contributed by atoms with E-state index in [1.807, 2.05) is 6.92 Å². The van der Waals surface area contributed by atoms with Gasteiger partial charge >= 0.3 is 5.97 Å². The molecule has 5 nitrogen and oxygen atoms in total. The maximum Gasteiger partial charge on any atom is 0.335 e. The monoisotopic (exact) mass is 312 g/mol. The highest BCUT2D eigenvalue weighted by Crippen LogP contribution is 2.28. The molecule has 0 saturated heterocycles. The molecule has 0 aliphatic rings. The third kappa shape index (κ3) is 6.64. The van der Waals surface area contributed by atoms with Crippen LogP contribution in [-0.4, -0.2) is 39.2 Å². The van der Waals surface area contributed by atoms with Crippen molar-refractivity contribution >= 4 is 14.0 Å². The van der Waals surface area contributed by atoms with Gasteiger partial charge < -0.3 is 19.3 Å². The summed E-state index contributed by atoms with van der Waals surface area (Å²) < 4.78 is 16.4. The average molecular weight is 312 g/mol. The zero-order valence-electron chi connectivity index (χ0n) is 13.1. The topological polar surface area (TPSA) is 65.0 Å². The minimum Gasteiger partial charge on any atom is -0.490 e. The van der Waals surface area contributed by atoms with Crippen LogP contribution in [0.2, 0.25) is 25.7 Å². The van der Waals surface area contributed by atoms with Gasteiger partial charge in [-0.2, -0.15) is 0 Å². The third-order valence-electron chi connectivity index (χ3n) is 2.78. The number of carboxylic acids is 1. The van der Waals surface area contributed by atoms with E-state index in [4.69, 9.17) is 19.3 Å². The Hall–Kier alpha value is -1.53. The van der Waals surface area contributed by atoms with E-state index in [0.29, 0.717) is 24.7 Å². The Bertz CT molecular complexity index is 468. The molecule has 0 amide bonds. The first-order valence-corrected chi connectivity index (χ1v) is 10.7. The standard InChI is InChI=1S/C15H24O5Si/c1-5-19-14-10-12(15(16)17)6-7-13(14)20-11-18-8-9-21(2,3)4/h6-7,10H,5,8-9,11H2,1-4H3,(H,16,17). The smallest absolute Gasteiger partial charge is 0.335 e. The molecular weight excluding hydrogens is 288 g/mol. The summed E-state index contributed by atoms with van der Waals surface area (Å²) in [6.07, 6.45) is 0. The van der Waals surface area contributed by atoms with Gasteiger partial charge in [-0.05, 0) is 31.2 Å². The molecule has 0 radical (unpaired) electrons. The van der Waals surface area contributed by atoms with Crippen LogP contribution in [0.25, 0.3) is 0 Å². The molecule has 1 aromatic rings. The summed E-state index contributed by atoms with van der Waals surface area (Å²) in [5, 5.41) is 8.97. The van der Waals surface area contributed by atoms with Gasteiger partial charge in [0.15, 0.2) is 18.3 Å². The molecular formula is C15H24O5Si. The van der Waals surface area contributed by atoms with Crippen LogP contribution >= 0.6 is 0 Å². The first-order chi connectivity index (χ1) is 9.83. The zero-order valence-corrected chi connectivity index (χ0v) is 14.1. The number of benzene rings is 1. The summed E-state index contributed by atoms with van der Waals surface area (Å²) in [5.41, 5.74) is 0.172. The first kappa shape index (κ1) is 17.5. The molecule has 1 rings (SSSR count). The fourth-order valence-electron chi connectivity index (χ4n) is 1.57. The van der Waals surface area contributed by atoms with Gasteiger partial charge in [0, 0.05) is 14.7 Å². The second kappa shape index (κ2) is 8.04. The van der Waals surface area contributed by atoms with E-state index < -0.39 is 14.0 Å². The number of hydrogen-bond acceptors (Lipinski definition) is 4. The number of carbonyl (C=O) groups is 1.